The highest BCUT2D eigenvalue weighted by Gasteiger charge is 2.02. The van der Waals surface area contributed by atoms with Crippen molar-refractivity contribution in [1.82, 2.24) is 9.97 Å². The Morgan fingerprint density at radius 3 is 2.92 bits per heavy atom. The molecule has 2 aromatic rings. The molecular formula is C9H10N2S. The number of aromatic amines is 1. The van der Waals surface area contributed by atoms with E-state index in [1.165, 1.54) is 5.56 Å². The normalized spacial score (nSPS) is 10.8. The highest BCUT2D eigenvalue weighted by atomic mass is 32.2. The molecular weight excluding hydrogens is 168 g/mol. The molecule has 62 valence electrons. The Kier molecular flexibility index (Phi) is 1.81. The third kappa shape index (κ3) is 1.10. The van der Waals surface area contributed by atoms with Crippen LogP contribution in [0, 0.1) is 6.92 Å². The predicted molar refractivity (Wildman–Crippen MR) is 52.6 cm³/mol. The second kappa shape index (κ2) is 2.83. The molecule has 2 rings (SSSR count). The molecule has 0 bridgehead atoms. The summed E-state index contributed by atoms with van der Waals surface area (Å²) in [6.07, 6.45) is 2.02. The van der Waals surface area contributed by atoms with Gasteiger partial charge in [-0.1, -0.05) is 23.9 Å². The maximum Gasteiger partial charge on any atom is 0.166 e. The zero-order chi connectivity index (χ0) is 8.55. The first kappa shape index (κ1) is 7.68. The van der Waals surface area contributed by atoms with Gasteiger partial charge in [0.05, 0.1) is 11.0 Å². The van der Waals surface area contributed by atoms with E-state index in [4.69, 9.17) is 0 Å². The molecule has 0 aliphatic rings. The van der Waals surface area contributed by atoms with Crippen LogP contribution in [-0.4, -0.2) is 16.2 Å². The zero-order valence-electron chi connectivity index (χ0n) is 7.09. The summed E-state index contributed by atoms with van der Waals surface area (Å²) >= 11 is 1.64. The Labute approximate surface area is 75.4 Å². The lowest BCUT2D eigenvalue weighted by atomic mass is 10.2. The number of thioether (sulfide) groups is 1. The van der Waals surface area contributed by atoms with Crippen LogP contribution in [-0.2, 0) is 0 Å². The lowest BCUT2D eigenvalue weighted by Crippen LogP contribution is -1.74. The first-order valence-corrected chi connectivity index (χ1v) is 5.03. The van der Waals surface area contributed by atoms with Gasteiger partial charge in [-0.3, -0.25) is 0 Å². The summed E-state index contributed by atoms with van der Waals surface area (Å²) in [5, 5.41) is 0.985. The highest BCUT2D eigenvalue weighted by molar-refractivity contribution is 7.98. The minimum Gasteiger partial charge on any atom is -0.333 e. The van der Waals surface area contributed by atoms with Gasteiger partial charge >= 0.3 is 0 Å². The second-order valence-corrected chi connectivity index (χ2v) is 3.51. The molecule has 3 heteroatoms. The monoisotopic (exact) mass is 178 g/mol. The molecule has 1 aromatic carbocycles. The molecule has 1 N–H and O–H groups in total. The van der Waals surface area contributed by atoms with Gasteiger partial charge < -0.3 is 4.98 Å². The van der Waals surface area contributed by atoms with Crippen LogP contribution in [0.15, 0.2) is 23.4 Å². The summed E-state index contributed by atoms with van der Waals surface area (Å²) in [6.45, 7) is 2.08. The third-order valence-electron chi connectivity index (χ3n) is 1.89. The van der Waals surface area contributed by atoms with Crippen LogP contribution in [0.3, 0.4) is 0 Å². The van der Waals surface area contributed by atoms with Crippen molar-refractivity contribution in [3.63, 3.8) is 0 Å². The van der Waals surface area contributed by atoms with E-state index in [1.54, 1.807) is 11.8 Å². The molecule has 0 saturated heterocycles. The van der Waals surface area contributed by atoms with Gasteiger partial charge in [0.25, 0.3) is 0 Å². The Balaban J connectivity index is 2.74. The van der Waals surface area contributed by atoms with Gasteiger partial charge in [-0.2, -0.15) is 0 Å². The lowest BCUT2D eigenvalue weighted by Gasteiger charge is -1.90. The number of fused-ring (bicyclic) bond motifs is 1. The standard InChI is InChI=1S/C9H10N2S/c1-6-4-3-5-7-8(6)11-9(10-7)12-2/h3-5H,1-2H3,(H,10,11). The largest absolute Gasteiger partial charge is 0.333 e. The number of nitrogens with one attached hydrogen (secondary N) is 1. The van der Waals surface area contributed by atoms with E-state index >= 15 is 0 Å². The summed E-state index contributed by atoms with van der Waals surface area (Å²) < 4.78 is 0. The molecule has 0 spiro atoms. The molecule has 0 fully saturated rings. The maximum absolute atomic E-state index is 4.44. The fourth-order valence-corrected chi connectivity index (χ4v) is 1.64. The quantitative estimate of drug-likeness (QED) is 0.680. The van der Waals surface area contributed by atoms with E-state index in [0.717, 1.165) is 16.2 Å². The van der Waals surface area contributed by atoms with Gasteiger partial charge in [0.1, 0.15) is 0 Å². The molecule has 12 heavy (non-hydrogen) atoms. The van der Waals surface area contributed by atoms with Gasteiger partial charge in [-0.05, 0) is 24.8 Å². The van der Waals surface area contributed by atoms with Crippen molar-refractivity contribution < 1.29 is 0 Å². The molecule has 0 radical (unpaired) electrons. The Morgan fingerprint density at radius 2 is 2.25 bits per heavy atom. The zero-order valence-corrected chi connectivity index (χ0v) is 7.90. The summed E-state index contributed by atoms with van der Waals surface area (Å²) in [4.78, 5) is 7.68. The summed E-state index contributed by atoms with van der Waals surface area (Å²) in [7, 11) is 0. The molecule has 0 amide bonds. The maximum atomic E-state index is 4.44. The second-order valence-electron chi connectivity index (χ2n) is 2.72. The third-order valence-corrected chi connectivity index (χ3v) is 2.47. The average Bonchev–Trinajstić information content (AvgIpc) is 2.49. The lowest BCUT2D eigenvalue weighted by molar-refractivity contribution is 1.08. The SMILES string of the molecule is CSc1nc2c(C)cccc2[nH]1. The van der Waals surface area contributed by atoms with Gasteiger partial charge in [0.2, 0.25) is 0 Å². The van der Waals surface area contributed by atoms with Crippen LogP contribution in [0.2, 0.25) is 0 Å². The van der Waals surface area contributed by atoms with E-state index in [-0.39, 0.29) is 0 Å². The van der Waals surface area contributed by atoms with E-state index in [9.17, 15) is 0 Å². The van der Waals surface area contributed by atoms with Crippen molar-refractivity contribution >= 4 is 22.8 Å². The molecule has 0 atom stereocenters. The smallest absolute Gasteiger partial charge is 0.166 e. The van der Waals surface area contributed by atoms with Crippen LogP contribution >= 0.6 is 11.8 Å². The fourth-order valence-electron chi connectivity index (χ4n) is 1.25. The number of H-pyrrole nitrogens is 1. The van der Waals surface area contributed by atoms with E-state index < -0.39 is 0 Å². The van der Waals surface area contributed by atoms with Gasteiger partial charge in [-0.25, -0.2) is 4.98 Å². The van der Waals surface area contributed by atoms with Gasteiger partial charge in [0, 0.05) is 0 Å². The molecule has 0 aliphatic heterocycles. The van der Waals surface area contributed by atoms with Crippen LogP contribution in [0.1, 0.15) is 5.56 Å². The molecule has 1 heterocycles. The minimum atomic E-state index is 0.985. The van der Waals surface area contributed by atoms with Crippen molar-refractivity contribution in [2.45, 2.75) is 12.1 Å². The number of nitrogens with zero attached hydrogens (tertiary/aromatic N) is 1. The van der Waals surface area contributed by atoms with Gasteiger partial charge in [-0.15, -0.1) is 0 Å². The summed E-state index contributed by atoms with van der Waals surface area (Å²) in [5.41, 5.74) is 3.44. The van der Waals surface area contributed by atoms with Crippen molar-refractivity contribution in [3.05, 3.63) is 23.8 Å². The topological polar surface area (TPSA) is 28.7 Å². The molecule has 1 aromatic heterocycles. The molecule has 2 nitrogen and oxygen atoms in total. The number of rotatable bonds is 1. The highest BCUT2D eigenvalue weighted by Crippen LogP contribution is 2.19. The Morgan fingerprint density at radius 1 is 1.42 bits per heavy atom. The van der Waals surface area contributed by atoms with E-state index in [0.29, 0.717) is 0 Å². The van der Waals surface area contributed by atoms with Crippen LogP contribution in [0.25, 0.3) is 11.0 Å². The first-order chi connectivity index (χ1) is 5.81. The number of aromatic nitrogens is 2. The summed E-state index contributed by atoms with van der Waals surface area (Å²) in [5.74, 6) is 0. The predicted octanol–water partition coefficient (Wildman–Crippen LogP) is 2.59. The Bertz CT molecular complexity index is 406. The van der Waals surface area contributed by atoms with Crippen LogP contribution in [0.4, 0.5) is 0 Å². The van der Waals surface area contributed by atoms with Crippen molar-refractivity contribution in [2.24, 2.45) is 0 Å². The Hall–Kier alpha value is -0.960. The number of hydrogen-bond donors (Lipinski definition) is 1. The van der Waals surface area contributed by atoms with Crippen molar-refractivity contribution in [1.29, 1.82) is 0 Å². The number of para-hydroxylation sites is 1. The minimum absolute atomic E-state index is 0.985. The number of benzene rings is 1. The fraction of sp³-hybridized carbons (Fsp3) is 0.222. The van der Waals surface area contributed by atoms with Crippen molar-refractivity contribution in [3.8, 4) is 0 Å². The van der Waals surface area contributed by atoms with Crippen LogP contribution in [0.5, 0.6) is 0 Å². The number of imidazole rings is 1. The molecule has 0 aliphatic carbocycles. The molecule has 0 saturated carbocycles. The van der Waals surface area contributed by atoms with Crippen molar-refractivity contribution in [2.75, 3.05) is 6.26 Å². The molecule has 0 unspecified atom stereocenters. The summed E-state index contributed by atoms with van der Waals surface area (Å²) in [6, 6.07) is 6.17. The van der Waals surface area contributed by atoms with Crippen LogP contribution < -0.4 is 0 Å². The van der Waals surface area contributed by atoms with E-state index in [2.05, 4.69) is 29.0 Å². The van der Waals surface area contributed by atoms with Gasteiger partial charge in [0.15, 0.2) is 5.16 Å². The van der Waals surface area contributed by atoms with E-state index in [1.807, 2.05) is 12.3 Å². The number of hydrogen-bond acceptors (Lipinski definition) is 2. The number of aryl methyl sites for hydroxylation is 1. The first-order valence-electron chi connectivity index (χ1n) is 3.80. The average molecular weight is 178 g/mol.